The molecule has 1 amide bonds. The number of benzene rings is 2. The molecule has 0 atom stereocenters. The fraction of sp³-hybridized carbons (Fsp3) is 0.105. The Kier molecular flexibility index (Phi) is 6.51. The number of methoxy groups -OCH3 is 1. The maximum absolute atomic E-state index is 11.7. The molecule has 0 heterocycles. The maximum atomic E-state index is 11.7. The summed E-state index contributed by atoms with van der Waals surface area (Å²) in [5.74, 6) is 0.706. The van der Waals surface area contributed by atoms with Crippen LogP contribution in [0.2, 0.25) is 0 Å². The lowest BCUT2D eigenvalue weighted by Crippen LogP contribution is -2.07. The minimum absolute atomic E-state index is 0.140. The van der Waals surface area contributed by atoms with Gasteiger partial charge in [-0.1, -0.05) is 30.0 Å². The predicted molar refractivity (Wildman–Crippen MR) is 96.1 cm³/mol. The second-order valence-corrected chi connectivity index (χ2v) is 5.82. The van der Waals surface area contributed by atoms with Gasteiger partial charge < -0.3 is 10.1 Å². The van der Waals surface area contributed by atoms with Gasteiger partial charge in [0.25, 0.3) is 0 Å². The molecule has 4 heteroatoms. The summed E-state index contributed by atoms with van der Waals surface area (Å²) in [6, 6.07) is 15.7. The van der Waals surface area contributed by atoms with Gasteiger partial charge in [0.2, 0.25) is 5.91 Å². The minimum atomic E-state index is -0.140. The monoisotopic (exact) mass is 325 g/mol. The third kappa shape index (κ3) is 5.68. The van der Waals surface area contributed by atoms with Crippen molar-refractivity contribution in [2.24, 2.45) is 0 Å². The fourth-order valence-electron chi connectivity index (χ4n) is 1.82. The number of carbonyl (C=O) groups is 1. The Morgan fingerprint density at radius 3 is 2.17 bits per heavy atom. The van der Waals surface area contributed by atoms with E-state index in [-0.39, 0.29) is 5.91 Å². The first-order valence-corrected chi connectivity index (χ1v) is 8.05. The summed E-state index contributed by atoms with van der Waals surface area (Å²) in [4.78, 5) is 13.9. The highest BCUT2D eigenvalue weighted by Gasteiger charge is 2.00. The van der Waals surface area contributed by atoms with E-state index in [1.54, 1.807) is 24.9 Å². The number of anilines is 1. The van der Waals surface area contributed by atoms with Crippen molar-refractivity contribution in [2.45, 2.75) is 16.7 Å². The molecule has 0 aliphatic carbocycles. The highest BCUT2D eigenvalue weighted by atomic mass is 32.2. The van der Waals surface area contributed by atoms with Crippen molar-refractivity contribution < 1.29 is 9.53 Å². The zero-order valence-electron chi connectivity index (χ0n) is 13.2. The Balaban J connectivity index is 1.94. The Hall–Kier alpha value is -2.46. The molecule has 23 heavy (non-hydrogen) atoms. The van der Waals surface area contributed by atoms with Gasteiger partial charge in [0.15, 0.2) is 0 Å². The summed E-state index contributed by atoms with van der Waals surface area (Å²) in [5, 5.41) is 2.82. The first-order chi connectivity index (χ1) is 11.2. The second-order valence-electron chi connectivity index (χ2n) is 4.68. The first-order valence-electron chi connectivity index (χ1n) is 7.23. The minimum Gasteiger partial charge on any atom is -0.497 e. The van der Waals surface area contributed by atoms with E-state index < -0.39 is 0 Å². The molecule has 2 aromatic rings. The highest BCUT2D eigenvalue weighted by Crippen LogP contribution is 2.29. The quantitative estimate of drug-likeness (QED) is 0.605. The van der Waals surface area contributed by atoms with Crippen molar-refractivity contribution in [3.8, 4) is 5.75 Å². The lowest BCUT2D eigenvalue weighted by atomic mass is 10.3. The Bertz CT molecular complexity index is 688. The summed E-state index contributed by atoms with van der Waals surface area (Å²) in [6.07, 6.45) is 6.90. The van der Waals surface area contributed by atoms with Crippen LogP contribution in [0.1, 0.15) is 6.92 Å². The van der Waals surface area contributed by atoms with Crippen molar-refractivity contribution >= 4 is 23.4 Å². The van der Waals surface area contributed by atoms with E-state index in [1.165, 1.54) is 6.08 Å². The Morgan fingerprint density at radius 1 is 1.00 bits per heavy atom. The number of hydrogen-bond acceptors (Lipinski definition) is 3. The zero-order chi connectivity index (χ0) is 16.5. The van der Waals surface area contributed by atoms with Gasteiger partial charge in [0.05, 0.1) is 7.11 Å². The smallest absolute Gasteiger partial charge is 0.248 e. The van der Waals surface area contributed by atoms with Crippen LogP contribution in [0, 0.1) is 0 Å². The number of nitrogens with one attached hydrogen (secondary N) is 1. The number of allylic oxidation sites excluding steroid dienone is 3. The van der Waals surface area contributed by atoms with E-state index in [2.05, 4.69) is 5.32 Å². The van der Waals surface area contributed by atoms with E-state index in [0.29, 0.717) is 0 Å². The van der Waals surface area contributed by atoms with E-state index in [9.17, 15) is 4.79 Å². The predicted octanol–water partition coefficient (Wildman–Crippen LogP) is 4.92. The molecule has 0 fully saturated rings. The van der Waals surface area contributed by atoms with Gasteiger partial charge in [-0.2, -0.15) is 0 Å². The molecule has 0 aliphatic rings. The molecule has 0 bridgehead atoms. The van der Waals surface area contributed by atoms with Gasteiger partial charge in [0.1, 0.15) is 5.75 Å². The number of carbonyl (C=O) groups excluding carboxylic acids is 1. The second kappa shape index (κ2) is 8.86. The van der Waals surface area contributed by atoms with E-state index in [0.717, 1.165) is 21.2 Å². The van der Waals surface area contributed by atoms with Crippen molar-refractivity contribution in [1.29, 1.82) is 0 Å². The largest absolute Gasteiger partial charge is 0.497 e. The summed E-state index contributed by atoms with van der Waals surface area (Å²) >= 11 is 1.66. The SMILES string of the molecule is C/C=C/C=C/C(=O)Nc1ccc(Sc2ccc(OC)cc2)cc1. The zero-order valence-corrected chi connectivity index (χ0v) is 14.0. The van der Waals surface area contributed by atoms with Crippen molar-refractivity contribution in [3.05, 3.63) is 72.8 Å². The summed E-state index contributed by atoms with van der Waals surface area (Å²) in [6.45, 7) is 1.90. The number of amides is 1. The molecule has 3 nitrogen and oxygen atoms in total. The standard InChI is InChI=1S/C19H19NO2S/c1-3-4-5-6-19(21)20-15-7-11-17(12-8-15)23-18-13-9-16(22-2)10-14-18/h3-14H,1-2H3,(H,20,21)/b4-3+,6-5+. The van der Waals surface area contributed by atoms with E-state index in [1.807, 2.05) is 67.6 Å². The maximum Gasteiger partial charge on any atom is 0.248 e. The van der Waals surface area contributed by atoms with Crippen LogP contribution in [0.5, 0.6) is 5.75 Å². The Morgan fingerprint density at radius 2 is 1.61 bits per heavy atom. The molecule has 2 aromatic carbocycles. The van der Waals surface area contributed by atoms with Crippen LogP contribution in [-0.2, 0) is 4.79 Å². The first kappa shape index (κ1) is 16.9. The molecule has 0 radical (unpaired) electrons. The van der Waals surface area contributed by atoms with Crippen molar-refractivity contribution in [2.75, 3.05) is 12.4 Å². The topological polar surface area (TPSA) is 38.3 Å². The van der Waals surface area contributed by atoms with Gasteiger partial charge in [-0.25, -0.2) is 0 Å². The lowest BCUT2D eigenvalue weighted by molar-refractivity contribution is -0.111. The molecular formula is C19H19NO2S. The molecule has 0 aliphatic heterocycles. The van der Waals surface area contributed by atoms with Crippen LogP contribution in [0.15, 0.2) is 82.6 Å². The normalized spacial score (nSPS) is 11.0. The van der Waals surface area contributed by atoms with Crippen LogP contribution in [-0.4, -0.2) is 13.0 Å². The summed E-state index contributed by atoms with van der Waals surface area (Å²) < 4.78 is 5.15. The Labute approximate surface area is 141 Å². The van der Waals surface area contributed by atoms with Crippen LogP contribution >= 0.6 is 11.8 Å². The molecule has 1 N–H and O–H groups in total. The molecule has 0 spiro atoms. The summed E-state index contributed by atoms with van der Waals surface area (Å²) in [5.41, 5.74) is 0.777. The molecule has 2 rings (SSSR count). The summed E-state index contributed by atoms with van der Waals surface area (Å²) in [7, 11) is 1.66. The average molecular weight is 325 g/mol. The highest BCUT2D eigenvalue weighted by molar-refractivity contribution is 7.99. The molecule has 118 valence electrons. The average Bonchev–Trinajstić information content (AvgIpc) is 2.57. The molecule has 0 saturated heterocycles. The van der Waals surface area contributed by atoms with Gasteiger partial charge >= 0.3 is 0 Å². The molecular weight excluding hydrogens is 306 g/mol. The van der Waals surface area contributed by atoms with Gasteiger partial charge in [0, 0.05) is 21.6 Å². The lowest BCUT2D eigenvalue weighted by Gasteiger charge is -2.05. The van der Waals surface area contributed by atoms with E-state index in [4.69, 9.17) is 4.74 Å². The van der Waals surface area contributed by atoms with Crippen LogP contribution in [0.25, 0.3) is 0 Å². The van der Waals surface area contributed by atoms with Crippen LogP contribution < -0.4 is 10.1 Å². The van der Waals surface area contributed by atoms with Crippen molar-refractivity contribution in [1.82, 2.24) is 0 Å². The van der Waals surface area contributed by atoms with Crippen molar-refractivity contribution in [3.63, 3.8) is 0 Å². The van der Waals surface area contributed by atoms with Gasteiger partial charge in [-0.3, -0.25) is 4.79 Å². The van der Waals surface area contributed by atoms with Crippen LogP contribution in [0.3, 0.4) is 0 Å². The molecule has 0 unspecified atom stereocenters. The molecule has 0 saturated carbocycles. The number of ether oxygens (including phenoxy) is 1. The van der Waals surface area contributed by atoms with E-state index >= 15 is 0 Å². The number of hydrogen-bond donors (Lipinski definition) is 1. The van der Waals surface area contributed by atoms with Crippen LogP contribution in [0.4, 0.5) is 5.69 Å². The third-order valence-corrected chi connectivity index (χ3v) is 3.98. The van der Waals surface area contributed by atoms with Gasteiger partial charge in [-0.15, -0.1) is 0 Å². The van der Waals surface area contributed by atoms with Gasteiger partial charge in [-0.05, 0) is 55.5 Å². The fourth-order valence-corrected chi connectivity index (χ4v) is 2.64. The number of rotatable bonds is 6. The third-order valence-electron chi connectivity index (χ3n) is 2.97. The molecule has 0 aromatic heterocycles.